The Hall–Kier alpha value is -0.120. The first-order valence-corrected chi connectivity index (χ1v) is 5.27. The quantitative estimate of drug-likeness (QED) is 0.609. The van der Waals surface area contributed by atoms with Gasteiger partial charge < -0.3 is 15.1 Å². The summed E-state index contributed by atoms with van der Waals surface area (Å²) in [6.07, 6.45) is 1.33. The molecule has 3 heteroatoms. The first-order chi connectivity index (χ1) is 6.20. The number of hydrogen-bond acceptors (Lipinski definition) is 3. The molecule has 0 saturated carbocycles. The second-order valence-corrected chi connectivity index (χ2v) is 4.69. The summed E-state index contributed by atoms with van der Waals surface area (Å²) in [5, 5.41) is 3.51. The molecule has 2 rings (SSSR count). The van der Waals surface area contributed by atoms with Crippen LogP contribution in [0.2, 0.25) is 0 Å². The Morgan fingerprint density at radius 1 is 1.31 bits per heavy atom. The van der Waals surface area contributed by atoms with Gasteiger partial charge in [-0.2, -0.15) is 0 Å². The van der Waals surface area contributed by atoms with E-state index in [0.29, 0.717) is 0 Å². The Bertz CT molecular complexity index is 181. The van der Waals surface area contributed by atoms with Crippen LogP contribution >= 0.6 is 0 Å². The maximum absolute atomic E-state index is 3.51. The minimum atomic E-state index is 0.779. The Morgan fingerprint density at radius 3 is 2.77 bits per heavy atom. The third-order valence-corrected chi connectivity index (χ3v) is 3.73. The van der Waals surface area contributed by atoms with Crippen molar-refractivity contribution in [3.8, 4) is 0 Å². The molecule has 0 aliphatic carbocycles. The van der Waals surface area contributed by atoms with E-state index in [1.54, 1.807) is 0 Å². The number of piperidine rings is 1. The highest BCUT2D eigenvalue weighted by Crippen LogP contribution is 2.27. The molecule has 0 amide bonds. The third kappa shape index (κ3) is 1.60. The first-order valence-electron chi connectivity index (χ1n) is 5.27. The molecule has 3 unspecified atom stereocenters. The van der Waals surface area contributed by atoms with E-state index in [4.69, 9.17) is 0 Å². The van der Waals surface area contributed by atoms with Gasteiger partial charge in [0.1, 0.15) is 0 Å². The molecule has 0 bridgehead atoms. The van der Waals surface area contributed by atoms with Gasteiger partial charge in [-0.25, -0.2) is 0 Å². The normalized spacial score (nSPS) is 41.1. The van der Waals surface area contributed by atoms with Crippen molar-refractivity contribution in [1.29, 1.82) is 0 Å². The van der Waals surface area contributed by atoms with Gasteiger partial charge in [-0.1, -0.05) is 0 Å². The SMILES string of the molecule is CN(C)C1CCN(C)C2CNCC12. The lowest BCUT2D eigenvalue weighted by Crippen LogP contribution is -2.53. The molecular weight excluding hydrogens is 162 g/mol. The van der Waals surface area contributed by atoms with Gasteiger partial charge in [0, 0.05) is 31.1 Å². The zero-order valence-corrected chi connectivity index (χ0v) is 8.95. The van der Waals surface area contributed by atoms with E-state index in [1.807, 2.05) is 0 Å². The molecule has 2 aliphatic heterocycles. The maximum Gasteiger partial charge on any atom is 0.0272 e. The minimum Gasteiger partial charge on any atom is -0.315 e. The number of likely N-dealkylation sites (tertiary alicyclic amines) is 1. The highest BCUT2D eigenvalue weighted by molar-refractivity contribution is 4.97. The molecular formula is C10H21N3. The molecule has 0 aromatic rings. The van der Waals surface area contributed by atoms with Gasteiger partial charge in [0.2, 0.25) is 0 Å². The van der Waals surface area contributed by atoms with Crippen LogP contribution in [-0.2, 0) is 0 Å². The van der Waals surface area contributed by atoms with Gasteiger partial charge in [0.15, 0.2) is 0 Å². The van der Waals surface area contributed by atoms with E-state index in [2.05, 4.69) is 36.3 Å². The zero-order valence-electron chi connectivity index (χ0n) is 8.95. The molecule has 2 fully saturated rings. The Morgan fingerprint density at radius 2 is 2.08 bits per heavy atom. The largest absolute Gasteiger partial charge is 0.315 e. The Kier molecular flexibility index (Phi) is 2.58. The van der Waals surface area contributed by atoms with E-state index in [0.717, 1.165) is 18.0 Å². The molecule has 0 spiro atoms. The van der Waals surface area contributed by atoms with Crippen molar-refractivity contribution < 1.29 is 0 Å². The summed E-state index contributed by atoms with van der Waals surface area (Å²) in [5.74, 6) is 0.841. The van der Waals surface area contributed by atoms with Crippen LogP contribution < -0.4 is 5.32 Å². The molecule has 2 saturated heterocycles. The van der Waals surface area contributed by atoms with Crippen molar-refractivity contribution in [2.75, 3.05) is 40.8 Å². The summed E-state index contributed by atoms with van der Waals surface area (Å²) >= 11 is 0. The second-order valence-electron chi connectivity index (χ2n) is 4.69. The van der Waals surface area contributed by atoms with Crippen molar-refractivity contribution in [3.05, 3.63) is 0 Å². The second kappa shape index (κ2) is 3.56. The van der Waals surface area contributed by atoms with Crippen LogP contribution in [0.4, 0.5) is 0 Å². The number of fused-ring (bicyclic) bond motifs is 1. The first kappa shape index (κ1) is 9.44. The summed E-state index contributed by atoms with van der Waals surface area (Å²) in [7, 11) is 6.69. The van der Waals surface area contributed by atoms with Crippen LogP contribution in [0.5, 0.6) is 0 Å². The van der Waals surface area contributed by atoms with E-state index >= 15 is 0 Å². The molecule has 0 aromatic carbocycles. The lowest BCUT2D eigenvalue weighted by atomic mass is 9.87. The fourth-order valence-corrected chi connectivity index (χ4v) is 2.92. The van der Waals surface area contributed by atoms with Crippen LogP contribution in [0.25, 0.3) is 0 Å². The van der Waals surface area contributed by atoms with Crippen LogP contribution in [0.15, 0.2) is 0 Å². The average molecular weight is 183 g/mol. The molecule has 13 heavy (non-hydrogen) atoms. The fourth-order valence-electron chi connectivity index (χ4n) is 2.92. The highest BCUT2D eigenvalue weighted by Gasteiger charge is 2.40. The summed E-state index contributed by atoms with van der Waals surface area (Å²) in [6, 6.07) is 1.57. The third-order valence-electron chi connectivity index (χ3n) is 3.73. The Balaban J connectivity index is 2.08. The summed E-state index contributed by atoms with van der Waals surface area (Å²) in [6.45, 7) is 3.65. The van der Waals surface area contributed by atoms with Gasteiger partial charge >= 0.3 is 0 Å². The summed E-state index contributed by atoms with van der Waals surface area (Å²) in [4.78, 5) is 4.92. The van der Waals surface area contributed by atoms with E-state index in [-0.39, 0.29) is 0 Å². The topological polar surface area (TPSA) is 18.5 Å². The zero-order chi connectivity index (χ0) is 9.42. The molecule has 3 nitrogen and oxygen atoms in total. The highest BCUT2D eigenvalue weighted by atomic mass is 15.2. The van der Waals surface area contributed by atoms with Crippen molar-refractivity contribution in [3.63, 3.8) is 0 Å². The van der Waals surface area contributed by atoms with Crippen molar-refractivity contribution in [1.82, 2.24) is 15.1 Å². The van der Waals surface area contributed by atoms with Gasteiger partial charge in [0.25, 0.3) is 0 Å². The van der Waals surface area contributed by atoms with Crippen LogP contribution in [0.3, 0.4) is 0 Å². The number of nitrogens with zero attached hydrogens (tertiary/aromatic N) is 2. The van der Waals surface area contributed by atoms with Crippen LogP contribution in [0.1, 0.15) is 6.42 Å². The monoisotopic (exact) mass is 183 g/mol. The number of rotatable bonds is 1. The van der Waals surface area contributed by atoms with Gasteiger partial charge in [-0.05, 0) is 34.1 Å². The maximum atomic E-state index is 3.51. The minimum absolute atomic E-state index is 0.779. The molecule has 1 N–H and O–H groups in total. The fraction of sp³-hybridized carbons (Fsp3) is 1.00. The van der Waals surface area contributed by atoms with Crippen LogP contribution in [-0.4, -0.2) is 62.7 Å². The van der Waals surface area contributed by atoms with Crippen molar-refractivity contribution >= 4 is 0 Å². The van der Waals surface area contributed by atoms with Crippen molar-refractivity contribution in [2.24, 2.45) is 5.92 Å². The lowest BCUT2D eigenvalue weighted by Gasteiger charge is -2.42. The molecule has 2 heterocycles. The molecule has 3 atom stereocenters. The number of hydrogen-bond donors (Lipinski definition) is 1. The average Bonchev–Trinajstić information content (AvgIpc) is 2.53. The number of likely N-dealkylation sites (N-methyl/N-ethyl adjacent to an activating group) is 1. The Labute approximate surface area is 81.1 Å². The van der Waals surface area contributed by atoms with Gasteiger partial charge in [0.05, 0.1) is 0 Å². The predicted octanol–water partition coefficient (Wildman–Crippen LogP) is -0.160. The van der Waals surface area contributed by atoms with E-state index in [1.165, 1.54) is 26.1 Å². The lowest BCUT2D eigenvalue weighted by molar-refractivity contribution is 0.0735. The number of nitrogens with one attached hydrogen (secondary N) is 1. The van der Waals surface area contributed by atoms with Crippen molar-refractivity contribution in [2.45, 2.75) is 18.5 Å². The smallest absolute Gasteiger partial charge is 0.0272 e. The molecule has 0 radical (unpaired) electrons. The summed E-state index contributed by atoms with van der Waals surface area (Å²) in [5.41, 5.74) is 0. The molecule has 76 valence electrons. The van der Waals surface area contributed by atoms with E-state index < -0.39 is 0 Å². The summed E-state index contributed by atoms with van der Waals surface area (Å²) < 4.78 is 0. The van der Waals surface area contributed by atoms with Gasteiger partial charge in [-0.15, -0.1) is 0 Å². The molecule has 2 aliphatic rings. The standard InChI is InChI=1S/C10H21N3/c1-12(2)9-4-5-13(3)10-7-11-6-8(9)10/h8-11H,4-7H2,1-3H3. The van der Waals surface area contributed by atoms with E-state index in [9.17, 15) is 0 Å². The van der Waals surface area contributed by atoms with Gasteiger partial charge in [-0.3, -0.25) is 0 Å². The molecule has 0 aromatic heterocycles. The van der Waals surface area contributed by atoms with Crippen LogP contribution in [0, 0.1) is 5.92 Å². The predicted molar refractivity (Wildman–Crippen MR) is 54.9 cm³/mol.